The number of benzene rings is 2. The van der Waals surface area contributed by atoms with Gasteiger partial charge in [-0.3, -0.25) is 10.1 Å². The van der Waals surface area contributed by atoms with Crippen LogP contribution in [0.25, 0.3) is 22.8 Å². The van der Waals surface area contributed by atoms with Crippen LogP contribution in [0.5, 0.6) is 0 Å². The first-order valence-electron chi connectivity index (χ1n) is 6.12. The van der Waals surface area contributed by atoms with Crippen LogP contribution in [-0.4, -0.2) is 9.91 Å². The molecule has 3 rings (SSSR count). The van der Waals surface area contributed by atoms with Crippen LogP contribution in [-0.2, 0) is 0 Å². The van der Waals surface area contributed by atoms with Crippen LogP contribution in [0.2, 0.25) is 5.15 Å². The highest BCUT2D eigenvalue weighted by Gasteiger charge is 2.15. The summed E-state index contributed by atoms with van der Waals surface area (Å²) in [6, 6.07) is 15.3. The summed E-state index contributed by atoms with van der Waals surface area (Å²) >= 11 is 6.10. The maximum absolute atomic E-state index is 10.6. The number of nitro benzene ring substituents is 1. The number of hydrogen-bond acceptors (Lipinski definition) is 4. The number of halogens is 2. The van der Waals surface area contributed by atoms with Gasteiger partial charge < -0.3 is 4.42 Å². The van der Waals surface area contributed by atoms with Crippen LogP contribution in [0.3, 0.4) is 0 Å². The Bertz CT molecular complexity index is 786. The minimum absolute atomic E-state index is 0. The number of aromatic nitrogens is 1. The lowest BCUT2D eigenvalue weighted by molar-refractivity contribution is -0.384. The summed E-state index contributed by atoms with van der Waals surface area (Å²) < 4.78 is 5.67. The van der Waals surface area contributed by atoms with Gasteiger partial charge in [0.1, 0.15) is 0 Å². The third kappa shape index (κ3) is 3.10. The lowest BCUT2D eigenvalue weighted by Gasteiger charge is -1.96. The molecule has 2 aromatic carbocycles. The van der Waals surface area contributed by atoms with E-state index >= 15 is 0 Å². The molecular formula is C15H10Cl2N2O3. The monoisotopic (exact) mass is 336 g/mol. The first-order valence-corrected chi connectivity index (χ1v) is 6.49. The Balaban J connectivity index is 0.00000176. The molecule has 112 valence electrons. The summed E-state index contributed by atoms with van der Waals surface area (Å²) in [7, 11) is 0. The maximum Gasteiger partial charge on any atom is 0.269 e. The van der Waals surface area contributed by atoms with E-state index < -0.39 is 4.92 Å². The van der Waals surface area contributed by atoms with Gasteiger partial charge in [0.05, 0.1) is 4.92 Å². The molecule has 0 aliphatic carbocycles. The third-order valence-corrected chi connectivity index (χ3v) is 3.20. The molecule has 3 aromatic rings. The zero-order valence-electron chi connectivity index (χ0n) is 11.1. The molecule has 5 nitrogen and oxygen atoms in total. The molecule has 0 amide bonds. The minimum atomic E-state index is -0.457. The Morgan fingerprint density at radius 2 is 1.64 bits per heavy atom. The number of hydrogen-bond donors (Lipinski definition) is 0. The van der Waals surface area contributed by atoms with Gasteiger partial charge >= 0.3 is 0 Å². The molecule has 1 aromatic heterocycles. The van der Waals surface area contributed by atoms with Crippen molar-refractivity contribution in [1.29, 1.82) is 0 Å². The van der Waals surface area contributed by atoms with Crippen molar-refractivity contribution in [3.63, 3.8) is 0 Å². The second-order valence-electron chi connectivity index (χ2n) is 4.31. The fourth-order valence-electron chi connectivity index (χ4n) is 1.92. The van der Waals surface area contributed by atoms with Gasteiger partial charge in [0, 0.05) is 23.3 Å². The van der Waals surface area contributed by atoms with Crippen LogP contribution in [0, 0.1) is 10.1 Å². The summed E-state index contributed by atoms with van der Waals surface area (Å²) in [6.07, 6.45) is 0. The Morgan fingerprint density at radius 3 is 2.23 bits per heavy atom. The minimum Gasteiger partial charge on any atom is -0.434 e. The lowest BCUT2D eigenvalue weighted by atomic mass is 10.2. The van der Waals surface area contributed by atoms with Gasteiger partial charge in [-0.05, 0) is 12.1 Å². The van der Waals surface area contributed by atoms with Gasteiger partial charge in [-0.1, -0.05) is 41.9 Å². The average Bonchev–Trinajstić information content (AvgIpc) is 2.90. The topological polar surface area (TPSA) is 69.2 Å². The van der Waals surface area contributed by atoms with Crippen molar-refractivity contribution in [3.8, 4) is 22.8 Å². The molecule has 0 unspecified atom stereocenters. The Hall–Kier alpha value is -2.37. The van der Waals surface area contributed by atoms with Gasteiger partial charge in [-0.25, -0.2) is 0 Å². The van der Waals surface area contributed by atoms with E-state index in [2.05, 4.69) is 4.98 Å². The summed E-state index contributed by atoms with van der Waals surface area (Å²) in [6.45, 7) is 0. The second-order valence-corrected chi connectivity index (χ2v) is 4.67. The first-order chi connectivity index (χ1) is 10.1. The third-order valence-electron chi connectivity index (χ3n) is 2.95. The SMILES string of the molecule is Cl.O=[N+]([O-])c1ccc(-c2nc(Cl)c(-c3ccccc3)o2)cc1. The fraction of sp³-hybridized carbons (Fsp3) is 0. The quantitative estimate of drug-likeness (QED) is 0.498. The van der Waals surface area contributed by atoms with Crippen molar-refractivity contribution in [1.82, 2.24) is 4.98 Å². The molecule has 0 N–H and O–H groups in total. The van der Waals surface area contributed by atoms with Crippen molar-refractivity contribution in [3.05, 3.63) is 69.9 Å². The summed E-state index contributed by atoms with van der Waals surface area (Å²) in [5, 5.41) is 10.9. The molecule has 0 fully saturated rings. The van der Waals surface area contributed by atoms with Crippen molar-refractivity contribution >= 4 is 29.7 Å². The fourth-order valence-corrected chi connectivity index (χ4v) is 2.14. The Labute approximate surface area is 137 Å². The number of nitro groups is 1. The maximum atomic E-state index is 10.6. The van der Waals surface area contributed by atoms with Crippen LogP contribution >= 0.6 is 24.0 Å². The number of rotatable bonds is 3. The van der Waals surface area contributed by atoms with Gasteiger partial charge in [-0.15, -0.1) is 12.4 Å². The van der Waals surface area contributed by atoms with Gasteiger partial charge in [-0.2, -0.15) is 4.98 Å². The highest BCUT2D eigenvalue weighted by atomic mass is 35.5. The zero-order chi connectivity index (χ0) is 14.8. The predicted molar refractivity (Wildman–Crippen MR) is 86.3 cm³/mol. The van der Waals surface area contributed by atoms with Gasteiger partial charge in [0.25, 0.3) is 5.69 Å². The molecule has 1 heterocycles. The molecule has 0 radical (unpaired) electrons. The standard InChI is InChI=1S/C15H9ClN2O3.ClH/c16-14-13(10-4-2-1-3-5-10)21-15(17-14)11-6-8-12(9-7-11)18(19)20;/h1-9H;1H. The summed E-state index contributed by atoms with van der Waals surface area (Å²) in [5.41, 5.74) is 1.47. The van der Waals surface area contributed by atoms with Crippen LogP contribution in [0.15, 0.2) is 59.0 Å². The molecule has 0 saturated carbocycles. The molecular weight excluding hydrogens is 327 g/mol. The molecule has 0 aliphatic rings. The average molecular weight is 337 g/mol. The number of oxazole rings is 1. The van der Waals surface area contributed by atoms with E-state index in [0.717, 1.165) is 5.56 Å². The largest absolute Gasteiger partial charge is 0.434 e. The van der Waals surface area contributed by atoms with Gasteiger partial charge in [0.15, 0.2) is 10.9 Å². The Morgan fingerprint density at radius 1 is 1.00 bits per heavy atom. The molecule has 22 heavy (non-hydrogen) atoms. The van der Waals surface area contributed by atoms with E-state index in [9.17, 15) is 10.1 Å². The summed E-state index contributed by atoms with van der Waals surface area (Å²) in [4.78, 5) is 14.3. The number of nitrogens with zero attached hydrogens (tertiary/aromatic N) is 2. The van der Waals surface area contributed by atoms with Crippen LogP contribution in [0.1, 0.15) is 0 Å². The molecule has 0 saturated heterocycles. The van der Waals surface area contributed by atoms with E-state index in [1.807, 2.05) is 30.3 Å². The van der Waals surface area contributed by atoms with E-state index in [4.69, 9.17) is 16.0 Å². The van der Waals surface area contributed by atoms with E-state index in [0.29, 0.717) is 17.2 Å². The Kier molecular flexibility index (Phi) is 4.80. The zero-order valence-corrected chi connectivity index (χ0v) is 12.7. The summed E-state index contributed by atoms with van der Waals surface area (Å²) in [5.74, 6) is 0.805. The normalized spacial score (nSPS) is 10.0. The number of non-ortho nitro benzene ring substituents is 1. The molecule has 7 heteroatoms. The highest BCUT2D eigenvalue weighted by molar-refractivity contribution is 6.31. The van der Waals surface area contributed by atoms with Gasteiger partial charge in [0.2, 0.25) is 5.89 Å². The molecule has 0 atom stereocenters. The van der Waals surface area contributed by atoms with Crippen molar-refractivity contribution in [2.45, 2.75) is 0 Å². The van der Waals surface area contributed by atoms with Crippen molar-refractivity contribution in [2.24, 2.45) is 0 Å². The van der Waals surface area contributed by atoms with Crippen LogP contribution in [0.4, 0.5) is 5.69 Å². The molecule has 0 aliphatic heterocycles. The lowest BCUT2D eigenvalue weighted by Crippen LogP contribution is -1.87. The van der Waals surface area contributed by atoms with Crippen molar-refractivity contribution < 1.29 is 9.34 Å². The first kappa shape index (κ1) is 16.0. The molecule has 0 bridgehead atoms. The second kappa shape index (κ2) is 6.60. The van der Waals surface area contributed by atoms with Crippen molar-refractivity contribution in [2.75, 3.05) is 0 Å². The van der Waals surface area contributed by atoms with E-state index in [-0.39, 0.29) is 23.2 Å². The van der Waals surface area contributed by atoms with E-state index in [1.165, 1.54) is 12.1 Å². The van der Waals surface area contributed by atoms with E-state index in [1.54, 1.807) is 12.1 Å². The van der Waals surface area contributed by atoms with Crippen LogP contribution < -0.4 is 0 Å². The highest BCUT2D eigenvalue weighted by Crippen LogP contribution is 2.33. The predicted octanol–water partition coefficient (Wildman–Crippen LogP) is 4.99. The smallest absolute Gasteiger partial charge is 0.269 e. The molecule has 0 spiro atoms.